The van der Waals surface area contributed by atoms with Crippen molar-refractivity contribution in [3.63, 3.8) is 0 Å². The summed E-state index contributed by atoms with van der Waals surface area (Å²) in [7, 11) is 0. The van der Waals surface area contributed by atoms with Crippen LogP contribution in [0.25, 0.3) is 0 Å². The molecule has 1 aliphatic carbocycles. The van der Waals surface area contributed by atoms with E-state index < -0.39 is 0 Å². The zero-order chi connectivity index (χ0) is 7.68. The van der Waals surface area contributed by atoms with Crippen LogP contribution in [-0.4, -0.2) is 18.5 Å². The van der Waals surface area contributed by atoms with Gasteiger partial charge >= 0.3 is 0 Å². The molecule has 2 aliphatic rings. The fourth-order valence-electron chi connectivity index (χ4n) is 1.76. The Balaban J connectivity index is 1.99. The van der Waals surface area contributed by atoms with Crippen LogP contribution in [0.15, 0.2) is 11.6 Å². The maximum absolute atomic E-state index is 6.00. The quantitative estimate of drug-likeness (QED) is 0.470. The first-order chi connectivity index (χ1) is 5.36. The standard InChI is InChI=1S/C9H14ClN/c10-9-4-8(5-11-6-9)7-2-1-3-7/h4,7,9,11H,1-3,5-6H2. The van der Waals surface area contributed by atoms with Crippen LogP contribution in [-0.2, 0) is 0 Å². The molecule has 62 valence electrons. The summed E-state index contributed by atoms with van der Waals surface area (Å²) in [6.45, 7) is 2.02. The Bertz CT molecular complexity index is 172. The lowest BCUT2D eigenvalue weighted by molar-refractivity contribution is 0.355. The Morgan fingerprint density at radius 3 is 2.82 bits per heavy atom. The Morgan fingerprint density at radius 1 is 1.45 bits per heavy atom. The molecule has 1 nitrogen and oxygen atoms in total. The Kier molecular flexibility index (Phi) is 2.19. The maximum atomic E-state index is 6.00. The Labute approximate surface area is 72.8 Å². The highest BCUT2D eigenvalue weighted by molar-refractivity contribution is 6.22. The lowest BCUT2D eigenvalue weighted by Crippen LogP contribution is -2.33. The zero-order valence-electron chi connectivity index (χ0n) is 6.65. The predicted octanol–water partition coefficient (Wildman–Crippen LogP) is 1.92. The van der Waals surface area contributed by atoms with Crippen LogP contribution in [0.5, 0.6) is 0 Å². The lowest BCUT2D eigenvalue weighted by Gasteiger charge is -2.31. The van der Waals surface area contributed by atoms with Crippen molar-refractivity contribution < 1.29 is 0 Å². The van der Waals surface area contributed by atoms with Crippen molar-refractivity contribution in [3.8, 4) is 0 Å². The molecule has 1 heterocycles. The molecule has 2 rings (SSSR count). The number of hydrogen-bond acceptors (Lipinski definition) is 1. The van der Waals surface area contributed by atoms with Crippen molar-refractivity contribution in [2.75, 3.05) is 13.1 Å². The number of nitrogens with one attached hydrogen (secondary N) is 1. The van der Waals surface area contributed by atoms with Gasteiger partial charge in [0.15, 0.2) is 0 Å². The topological polar surface area (TPSA) is 12.0 Å². The van der Waals surface area contributed by atoms with Crippen LogP contribution >= 0.6 is 11.6 Å². The molecule has 1 aliphatic heterocycles. The number of alkyl halides is 1. The first-order valence-corrected chi connectivity index (χ1v) is 4.85. The Morgan fingerprint density at radius 2 is 2.27 bits per heavy atom. The van der Waals surface area contributed by atoms with Gasteiger partial charge < -0.3 is 5.32 Å². The Hall–Kier alpha value is -0.0100. The van der Waals surface area contributed by atoms with E-state index in [4.69, 9.17) is 11.6 Å². The molecule has 1 fully saturated rings. The molecule has 0 aromatic rings. The fraction of sp³-hybridized carbons (Fsp3) is 0.778. The van der Waals surface area contributed by atoms with Crippen molar-refractivity contribution in [2.45, 2.75) is 24.6 Å². The van der Waals surface area contributed by atoms with Gasteiger partial charge in [-0.1, -0.05) is 18.1 Å². The minimum atomic E-state index is 0.236. The van der Waals surface area contributed by atoms with Crippen molar-refractivity contribution in [1.29, 1.82) is 0 Å². The van der Waals surface area contributed by atoms with E-state index in [1.54, 1.807) is 5.57 Å². The van der Waals surface area contributed by atoms with Crippen LogP contribution in [0.1, 0.15) is 19.3 Å². The van der Waals surface area contributed by atoms with Gasteiger partial charge in [-0.15, -0.1) is 11.6 Å². The van der Waals surface area contributed by atoms with Crippen LogP contribution in [0.4, 0.5) is 0 Å². The molecule has 0 aromatic carbocycles. The second-order valence-electron chi connectivity index (χ2n) is 3.52. The second-order valence-corrected chi connectivity index (χ2v) is 4.08. The van der Waals surface area contributed by atoms with Gasteiger partial charge in [0.1, 0.15) is 0 Å². The minimum absolute atomic E-state index is 0.236. The highest BCUT2D eigenvalue weighted by Gasteiger charge is 2.23. The fourth-order valence-corrected chi connectivity index (χ4v) is 2.03. The third-order valence-corrected chi connectivity index (χ3v) is 2.97. The maximum Gasteiger partial charge on any atom is 0.0643 e. The van der Waals surface area contributed by atoms with Gasteiger partial charge in [0.05, 0.1) is 5.38 Å². The van der Waals surface area contributed by atoms with Crippen molar-refractivity contribution in [3.05, 3.63) is 11.6 Å². The molecule has 0 bridgehead atoms. The molecule has 0 radical (unpaired) electrons. The summed E-state index contributed by atoms with van der Waals surface area (Å²) >= 11 is 6.00. The summed E-state index contributed by atoms with van der Waals surface area (Å²) in [5.41, 5.74) is 1.56. The van der Waals surface area contributed by atoms with E-state index in [1.165, 1.54) is 19.3 Å². The van der Waals surface area contributed by atoms with Crippen molar-refractivity contribution in [1.82, 2.24) is 5.32 Å². The highest BCUT2D eigenvalue weighted by Crippen LogP contribution is 2.33. The van der Waals surface area contributed by atoms with Crippen LogP contribution in [0.2, 0.25) is 0 Å². The third-order valence-electron chi connectivity index (χ3n) is 2.69. The van der Waals surface area contributed by atoms with Crippen LogP contribution in [0.3, 0.4) is 0 Å². The summed E-state index contributed by atoms with van der Waals surface area (Å²) in [4.78, 5) is 0. The second kappa shape index (κ2) is 3.16. The molecule has 1 unspecified atom stereocenters. The average Bonchev–Trinajstić information content (AvgIpc) is 1.83. The van der Waals surface area contributed by atoms with Gasteiger partial charge in [-0.2, -0.15) is 0 Å². The molecule has 0 saturated heterocycles. The number of halogens is 1. The lowest BCUT2D eigenvalue weighted by atomic mass is 9.78. The van der Waals surface area contributed by atoms with E-state index >= 15 is 0 Å². The number of rotatable bonds is 1. The van der Waals surface area contributed by atoms with E-state index in [2.05, 4.69) is 11.4 Å². The summed E-state index contributed by atoms with van der Waals surface area (Å²) in [6, 6.07) is 0. The predicted molar refractivity (Wildman–Crippen MR) is 47.9 cm³/mol. The van der Waals surface area contributed by atoms with Crippen LogP contribution in [0, 0.1) is 5.92 Å². The molecule has 0 spiro atoms. The molecule has 0 amide bonds. The van der Waals surface area contributed by atoms with E-state index in [-0.39, 0.29) is 5.38 Å². The monoisotopic (exact) mass is 171 g/mol. The summed E-state index contributed by atoms with van der Waals surface area (Å²) < 4.78 is 0. The first kappa shape index (κ1) is 7.63. The van der Waals surface area contributed by atoms with Crippen molar-refractivity contribution >= 4 is 11.6 Å². The molecule has 0 aromatic heterocycles. The molecule has 1 saturated carbocycles. The molecular formula is C9H14ClN. The molecule has 11 heavy (non-hydrogen) atoms. The normalized spacial score (nSPS) is 32.8. The first-order valence-electron chi connectivity index (χ1n) is 4.41. The third kappa shape index (κ3) is 1.60. The van der Waals surface area contributed by atoms with Gasteiger partial charge in [0.25, 0.3) is 0 Å². The van der Waals surface area contributed by atoms with Gasteiger partial charge in [-0.05, 0) is 18.8 Å². The number of hydrogen-bond donors (Lipinski definition) is 1. The van der Waals surface area contributed by atoms with Crippen molar-refractivity contribution in [2.24, 2.45) is 5.92 Å². The van der Waals surface area contributed by atoms with Gasteiger partial charge in [0.2, 0.25) is 0 Å². The van der Waals surface area contributed by atoms with Gasteiger partial charge in [0, 0.05) is 13.1 Å². The molecule has 1 atom stereocenters. The van der Waals surface area contributed by atoms with E-state index in [9.17, 15) is 0 Å². The minimum Gasteiger partial charge on any atom is -0.311 e. The average molecular weight is 172 g/mol. The summed E-state index contributed by atoms with van der Waals surface area (Å²) in [6.07, 6.45) is 6.44. The summed E-state index contributed by atoms with van der Waals surface area (Å²) in [5.74, 6) is 0.865. The highest BCUT2D eigenvalue weighted by atomic mass is 35.5. The van der Waals surface area contributed by atoms with E-state index in [0.29, 0.717) is 0 Å². The van der Waals surface area contributed by atoms with E-state index in [0.717, 1.165) is 19.0 Å². The summed E-state index contributed by atoms with van der Waals surface area (Å²) in [5, 5.41) is 3.57. The van der Waals surface area contributed by atoms with Gasteiger partial charge in [-0.3, -0.25) is 0 Å². The molecular weight excluding hydrogens is 158 g/mol. The molecule has 1 N–H and O–H groups in total. The van der Waals surface area contributed by atoms with Gasteiger partial charge in [-0.25, -0.2) is 0 Å². The zero-order valence-corrected chi connectivity index (χ0v) is 7.40. The smallest absolute Gasteiger partial charge is 0.0643 e. The largest absolute Gasteiger partial charge is 0.311 e. The SMILES string of the molecule is ClC1C=C(C2CCC2)CNC1. The molecule has 2 heteroatoms. The van der Waals surface area contributed by atoms with E-state index in [1.807, 2.05) is 0 Å². The van der Waals surface area contributed by atoms with Crippen LogP contribution < -0.4 is 5.32 Å².